The van der Waals surface area contributed by atoms with Gasteiger partial charge in [0.2, 0.25) is 0 Å². The Morgan fingerprint density at radius 1 is 0.909 bits per heavy atom. The molecule has 1 heteroatoms. The number of Topliss-reactive ketones (excluding diaryl/α,β-unsaturated/α-hetero) is 1. The first-order valence-electron chi connectivity index (χ1n) is 4.88. The molecule has 4 atom stereocenters. The number of carbonyl (C=O) groups excluding carboxylic acids is 1. The average Bonchev–Trinajstić information content (AvgIpc) is 2.33. The highest BCUT2D eigenvalue weighted by Gasteiger charge is 2.48. The van der Waals surface area contributed by atoms with Crippen LogP contribution < -0.4 is 0 Å². The lowest BCUT2D eigenvalue weighted by atomic mass is 9.72. The smallest absolute Gasteiger partial charge is 0.139 e. The maximum Gasteiger partial charge on any atom is 0.139 e. The van der Waals surface area contributed by atoms with E-state index in [4.69, 9.17) is 0 Å². The van der Waals surface area contributed by atoms with Crippen molar-refractivity contribution >= 4 is 5.78 Å². The van der Waals surface area contributed by atoms with Crippen molar-refractivity contribution in [2.75, 3.05) is 0 Å². The molecular formula is C10H14O. The first-order chi connectivity index (χ1) is 5.34. The summed E-state index contributed by atoms with van der Waals surface area (Å²) in [5, 5.41) is 0. The predicted octanol–water partition coefficient (Wildman–Crippen LogP) is 2.01. The van der Waals surface area contributed by atoms with Gasteiger partial charge in [-0.3, -0.25) is 4.79 Å². The molecule has 0 radical (unpaired) electrons. The first-order valence-corrected chi connectivity index (χ1v) is 4.88. The zero-order valence-electron chi connectivity index (χ0n) is 6.75. The highest BCUT2D eigenvalue weighted by molar-refractivity contribution is 5.85. The van der Waals surface area contributed by atoms with Gasteiger partial charge in [-0.15, -0.1) is 0 Å². The van der Waals surface area contributed by atoms with Crippen molar-refractivity contribution in [2.24, 2.45) is 23.7 Å². The molecule has 0 aromatic rings. The molecule has 0 aromatic carbocycles. The number of fused-ring (bicyclic) bond motifs is 2. The minimum Gasteiger partial charge on any atom is -0.299 e. The fourth-order valence-corrected chi connectivity index (χ4v) is 3.58. The van der Waals surface area contributed by atoms with Gasteiger partial charge in [0.25, 0.3) is 0 Å². The highest BCUT2D eigenvalue weighted by atomic mass is 16.1. The van der Waals surface area contributed by atoms with E-state index >= 15 is 0 Å². The first kappa shape index (κ1) is 6.22. The van der Waals surface area contributed by atoms with Crippen LogP contribution in [0.2, 0.25) is 0 Å². The largest absolute Gasteiger partial charge is 0.299 e. The van der Waals surface area contributed by atoms with E-state index in [1.54, 1.807) is 0 Å². The molecule has 0 spiro atoms. The minimum absolute atomic E-state index is 0.498. The number of rotatable bonds is 0. The van der Waals surface area contributed by atoms with Gasteiger partial charge in [-0.05, 0) is 43.9 Å². The Morgan fingerprint density at radius 2 is 1.64 bits per heavy atom. The Morgan fingerprint density at radius 3 is 2.55 bits per heavy atom. The van der Waals surface area contributed by atoms with E-state index in [9.17, 15) is 4.79 Å². The second kappa shape index (κ2) is 1.88. The summed E-state index contributed by atoms with van der Waals surface area (Å²) in [6, 6.07) is 0. The third-order valence-corrected chi connectivity index (χ3v) is 4.12. The number of hydrogen-bond donors (Lipinski definition) is 0. The van der Waals surface area contributed by atoms with Gasteiger partial charge in [-0.1, -0.05) is 0 Å². The molecule has 0 aromatic heterocycles. The van der Waals surface area contributed by atoms with Crippen molar-refractivity contribution in [1.29, 1.82) is 0 Å². The van der Waals surface area contributed by atoms with Crippen molar-refractivity contribution in [3.8, 4) is 0 Å². The Hall–Kier alpha value is -0.330. The van der Waals surface area contributed by atoms with Crippen LogP contribution in [0.25, 0.3) is 0 Å². The highest BCUT2D eigenvalue weighted by Crippen LogP contribution is 2.53. The number of ketones is 1. The molecule has 11 heavy (non-hydrogen) atoms. The second-order valence-corrected chi connectivity index (χ2v) is 4.60. The Kier molecular flexibility index (Phi) is 1.06. The van der Waals surface area contributed by atoms with Crippen LogP contribution in [-0.2, 0) is 4.79 Å². The Labute approximate surface area is 67.2 Å². The van der Waals surface area contributed by atoms with E-state index in [2.05, 4.69) is 0 Å². The van der Waals surface area contributed by atoms with Crippen LogP contribution in [0.4, 0.5) is 0 Å². The summed E-state index contributed by atoms with van der Waals surface area (Å²) < 4.78 is 0. The quantitative estimate of drug-likeness (QED) is 0.516. The van der Waals surface area contributed by atoms with Gasteiger partial charge in [0.1, 0.15) is 5.78 Å². The molecule has 3 fully saturated rings. The Bertz CT molecular complexity index is 199. The Balaban J connectivity index is 2.01. The third kappa shape index (κ3) is 0.692. The van der Waals surface area contributed by atoms with Crippen LogP contribution >= 0.6 is 0 Å². The van der Waals surface area contributed by atoms with Crippen molar-refractivity contribution in [2.45, 2.75) is 32.1 Å². The summed E-state index contributed by atoms with van der Waals surface area (Å²) in [5.74, 6) is 3.53. The molecule has 0 heterocycles. The summed E-state index contributed by atoms with van der Waals surface area (Å²) in [4.78, 5) is 11.6. The maximum atomic E-state index is 11.6. The molecule has 0 N–H and O–H groups in total. The van der Waals surface area contributed by atoms with E-state index in [-0.39, 0.29) is 0 Å². The van der Waals surface area contributed by atoms with Gasteiger partial charge in [-0.2, -0.15) is 0 Å². The molecule has 3 rings (SSSR count). The van der Waals surface area contributed by atoms with Crippen LogP contribution in [0.1, 0.15) is 32.1 Å². The lowest BCUT2D eigenvalue weighted by molar-refractivity contribution is -0.129. The van der Waals surface area contributed by atoms with Gasteiger partial charge in [-0.25, -0.2) is 0 Å². The molecule has 3 aliphatic carbocycles. The van der Waals surface area contributed by atoms with Crippen molar-refractivity contribution in [3.05, 3.63) is 0 Å². The summed E-state index contributed by atoms with van der Waals surface area (Å²) in [6.45, 7) is 0. The van der Waals surface area contributed by atoms with E-state index < -0.39 is 0 Å². The van der Waals surface area contributed by atoms with Gasteiger partial charge in [0.15, 0.2) is 0 Å². The van der Waals surface area contributed by atoms with E-state index in [1.807, 2.05) is 0 Å². The zero-order chi connectivity index (χ0) is 7.42. The molecule has 60 valence electrons. The van der Waals surface area contributed by atoms with Crippen LogP contribution in [-0.4, -0.2) is 5.78 Å². The van der Waals surface area contributed by atoms with E-state index in [1.165, 1.54) is 32.1 Å². The van der Waals surface area contributed by atoms with Gasteiger partial charge in [0, 0.05) is 11.8 Å². The normalized spacial score (nSPS) is 53.6. The van der Waals surface area contributed by atoms with Crippen LogP contribution in [0.5, 0.6) is 0 Å². The summed E-state index contributed by atoms with van der Waals surface area (Å²) in [7, 11) is 0. The van der Waals surface area contributed by atoms with Gasteiger partial charge >= 0.3 is 0 Å². The zero-order valence-corrected chi connectivity index (χ0v) is 6.75. The predicted molar refractivity (Wildman–Crippen MR) is 42.1 cm³/mol. The number of hydrogen-bond acceptors (Lipinski definition) is 1. The SMILES string of the molecule is O=C1C2CCC3CC1CC3C2. The third-order valence-electron chi connectivity index (χ3n) is 4.12. The fraction of sp³-hybridized carbons (Fsp3) is 0.900. The van der Waals surface area contributed by atoms with Crippen LogP contribution in [0.15, 0.2) is 0 Å². The molecule has 3 bridgehead atoms. The topological polar surface area (TPSA) is 17.1 Å². The second-order valence-electron chi connectivity index (χ2n) is 4.60. The fourth-order valence-electron chi connectivity index (χ4n) is 3.58. The van der Waals surface area contributed by atoms with Crippen LogP contribution in [0, 0.1) is 23.7 Å². The average molecular weight is 150 g/mol. The van der Waals surface area contributed by atoms with Gasteiger partial charge < -0.3 is 0 Å². The van der Waals surface area contributed by atoms with E-state index in [0.29, 0.717) is 17.6 Å². The molecule has 0 saturated heterocycles. The molecule has 3 aliphatic rings. The van der Waals surface area contributed by atoms with Crippen molar-refractivity contribution in [3.63, 3.8) is 0 Å². The van der Waals surface area contributed by atoms with Crippen molar-refractivity contribution < 1.29 is 4.79 Å². The molecular weight excluding hydrogens is 136 g/mol. The minimum atomic E-state index is 0.498. The van der Waals surface area contributed by atoms with Crippen LogP contribution in [0.3, 0.4) is 0 Å². The summed E-state index contributed by atoms with van der Waals surface area (Å²) in [5.41, 5.74) is 0. The molecule has 4 unspecified atom stereocenters. The maximum absolute atomic E-state index is 11.6. The standard InChI is InChI=1S/C10H14O/c11-10-7-2-1-6-3-9(10)5-8(6)4-7/h6-9H,1-5H2. The molecule has 1 nitrogen and oxygen atoms in total. The lowest BCUT2D eigenvalue weighted by Crippen LogP contribution is -2.30. The van der Waals surface area contributed by atoms with Crippen molar-refractivity contribution in [1.82, 2.24) is 0 Å². The molecule has 0 aliphatic heterocycles. The molecule has 0 amide bonds. The summed E-state index contributed by atoms with van der Waals surface area (Å²) in [6.07, 6.45) is 6.33. The monoisotopic (exact) mass is 150 g/mol. The van der Waals surface area contributed by atoms with E-state index in [0.717, 1.165) is 11.8 Å². The number of carbonyl (C=O) groups is 1. The summed E-state index contributed by atoms with van der Waals surface area (Å²) >= 11 is 0. The molecule has 3 saturated carbocycles. The lowest BCUT2D eigenvalue weighted by Gasteiger charge is -2.32. The van der Waals surface area contributed by atoms with Gasteiger partial charge in [0.05, 0.1) is 0 Å².